The van der Waals surface area contributed by atoms with E-state index in [1.807, 2.05) is 6.07 Å². The Morgan fingerprint density at radius 1 is 1.24 bits per heavy atom. The number of rotatable bonds is 0. The van der Waals surface area contributed by atoms with Gasteiger partial charge >= 0.3 is 0 Å². The predicted molar refractivity (Wildman–Crippen MR) is 69.6 cm³/mol. The lowest BCUT2D eigenvalue weighted by atomic mass is 9.87. The second kappa shape index (κ2) is 4.50. The number of ether oxygens (including phenoxy) is 2. The monoisotopic (exact) mass is 297 g/mol. The van der Waals surface area contributed by atoms with E-state index in [2.05, 4.69) is 15.9 Å². The average Bonchev–Trinajstić information content (AvgIpc) is 2.55. The van der Waals surface area contributed by atoms with E-state index in [1.165, 1.54) is 5.56 Å². The lowest BCUT2D eigenvalue weighted by Gasteiger charge is -2.26. The second-order valence-corrected chi connectivity index (χ2v) is 5.48. The van der Waals surface area contributed by atoms with Crippen LogP contribution in [0.25, 0.3) is 0 Å². The van der Waals surface area contributed by atoms with Crippen molar-refractivity contribution in [3.05, 3.63) is 21.7 Å². The Balaban J connectivity index is 2.18. The van der Waals surface area contributed by atoms with Crippen LogP contribution >= 0.6 is 15.9 Å². The normalized spacial score (nSPS) is 22.8. The van der Waals surface area contributed by atoms with Crippen LogP contribution < -0.4 is 15.2 Å². The Hall–Kier alpha value is -0.740. The maximum Gasteiger partial charge on any atom is 0.166 e. The van der Waals surface area contributed by atoms with Gasteiger partial charge in [0.2, 0.25) is 0 Å². The Morgan fingerprint density at radius 3 is 2.94 bits per heavy atom. The molecule has 0 amide bonds. The summed E-state index contributed by atoms with van der Waals surface area (Å²) in [5, 5.41) is 0. The van der Waals surface area contributed by atoms with Crippen LogP contribution in [-0.4, -0.2) is 13.2 Å². The summed E-state index contributed by atoms with van der Waals surface area (Å²) >= 11 is 3.62. The topological polar surface area (TPSA) is 44.5 Å². The second-order valence-electron chi connectivity index (χ2n) is 4.63. The third-order valence-electron chi connectivity index (χ3n) is 3.44. The van der Waals surface area contributed by atoms with Gasteiger partial charge in [-0.2, -0.15) is 0 Å². The summed E-state index contributed by atoms with van der Waals surface area (Å²) in [5.41, 5.74) is 8.69. The van der Waals surface area contributed by atoms with Crippen LogP contribution in [0.2, 0.25) is 0 Å². The minimum Gasteiger partial charge on any atom is -0.490 e. The number of benzene rings is 1. The van der Waals surface area contributed by atoms with Gasteiger partial charge in [0.15, 0.2) is 11.5 Å². The molecule has 92 valence electrons. The molecule has 0 saturated heterocycles. The minimum atomic E-state index is 0.0756. The molecule has 1 atom stereocenters. The molecule has 2 N–H and O–H groups in total. The van der Waals surface area contributed by atoms with Gasteiger partial charge in [-0.05, 0) is 30.9 Å². The SMILES string of the molecule is NC1CCCc2c(Br)cc3c(c21)OCCCO3. The molecule has 0 spiro atoms. The van der Waals surface area contributed by atoms with Crippen molar-refractivity contribution in [1.29, 1.82) is 0 Å². The van der Waals surface area contributed by atoms with Crippen LogP contribution in [-0.2, 0) is 6.42 Å². The molecule has 0 bridgehead atoms. The summed E-state index contributed by atoms with van der Waals surface area (Å²) in [7, 11) is 0. The molecule has 1 aromatic rings. The number of hydrogen-bond acceptors (Lipinski definition) is 3. The molecule has 0 saturated carbocycles. The molecule has 1 aliphatic heterocycles. The molecule has 3 rings (SSSR count). The first-order chi connectivity index (χ1) is 8.27. The average molecular weight is 298 g/mol. The molecule has 0 fully saturated rings. The standard InChI is InChI=1S/C13H16BrNO2/c14-9-7-11-13(17-6-2-5-16-11)12-8(9)3-1-4-10(12)15/h7,10H,1-6,15H2. The zero-order valence-corrected chi connectivity index (χ0v) is 11.3. The smallest absolute Gasteiger partial charge is 0.166 e. The van der Waals surface area contributed by atoms with Gasteiger partial charge in [-0.15, -0.1) is 0 Å². The number of fused-ring (bicyclic) bond motifs is 3. The summed E-state index contributed by atoms with van der Waals surface area (Å²) in [6.07, 6.45) is 4.17. The first kappa shape index (κ1) is 11.4. The van der Waals surface area contributed by atoms with Gasteiger partial charge < -0.3 is 15.2 Å². The fourth-order valence-electron chi connectivity index (χ4n) is 2.63. The third kappa shape index (κ3) is 1.93. The lowest BCUT2D eigenvalue weighted by Crippen LogP contribution is -2.19. The summed E-state index contributed by atoms with van der Waals surface area (Å²) in [6, 6.07) is 2.10. The first-order valence-electron chi connectivity index (χ1n) is 6.14. The van der Waals surface area contributed by atoms with E-state index < -0.39 is 0 Å². The highest BCUT2D eigenvalue weighted by Crippen LogP contribution is 2.45. The van der Waals surface area contributed by atoms with E-state index in [0.29, 0.717) is 13.2 Å². The van der Waals surface area contributed by atoms with Gasteiger partial charge in [0.1, 0.15) is 0 Å². The van der Waals surface area contributed by atoms with Crippen molar-refractivity contribution in [1.82, 2.24) is 0 Å². The molecule has 1 aliphatic carbocycles. The highest BCUT2D eigenvalue weighted by Gasteiger charge is 2.27. The zero-order valence-electron chi connectivity index (χ0n) is 9.67. The summed E-state index contributed by atoms with van der Waals surface area (Å²) in [6.45, 7) is 1.43. The number of hydrogen-bond donors (Lipinski definition) is 1. The largest absolute Gasteiger partial charge is 0.490 e. The van der Waals surface area contributed by atoms with Gasteiger partial charge in [0, 0.05) is 22.5 Å². The third-order valence-corrected chi connectivity index (χ3v) is 4.15. The zero-order chi connectivity index (χ0) is 11.8. The lowest BCUT2D eigenvalue weighted by molar-refractivity contribution is 0.295. The van der Waals surface area contributed by atoms with Crippen molar-refractivity contribution in [3.63, 3.8) is 0 Å². The van der Waals surface area contributed by atoms with E-state index in [4.69, 9.17) is 15.2 Å². The molecule has 3 nitrogen and oxygen atoms in total. The fourth-order valence-corrected chi connectivity index (χ4v) is 3.25. The molecular formula is C13H16BrNO2. The van der Waals surface area contributed by atoms with Gasteiger partial charge in [-0.25, -0.2) is 0 Å². The number of nitrogens with two attached hydrogens (primary N) is 1. The van der Waals surface area contributed by atoms with Crippen LogP contribution in [0.15, 0.2) is 10.5 Å². The van der Waals surface area contributed by atoms with Crippen LogP contribution in [0.1, 0.15) is 36.4 Å². The van der Waals surface area contributed by atoms with Crippen molar-refractivity contribution in [2.24, 2.45) is 5.73 Å². The van der Waals surface area contributed by atoms with Crippen molar-refractivity contribution >= 4 is 15.9 Å². The molecule has 2 aliphatic rings. The Labute approximate surface area is 109 Å². The van der Waals surface area contributed by atoms with Crippen molar-refractivity contribution in [2.45, 2.75) is 31.7 Å². The maximum absolute atomic E-state index is 6.23. The van der Waals surface area contributed by atoms with Gasteiger partial charge in [0.05, 0.1) is 13.2 Å². The van der Waals surface area contributed by atoms with Crippen LogP contribution in [0.4, 0.5) is 0 Å². The molecule has 0 aromatic heterocycles. The van der Waals surface area contributed by atoms with E-state index in [9.17, 15) is 0 Å². The van der Waals surface area contributed by atoms with Crippen molar-refractivity contribution < 1.29 is 9.47 Å². The predicted octanol–water partition coefficient (Wildman–Crippen LogP) is 2.95. The summed E-state index contributed by atoms with van der Waals surface area (Å²) in [4.78, 5) is 0. The Kier molecular flexibility index (Phi) is 3.01. The van der Waals surface area contributed by atoms with Crippen LogP contribution in [0.3, 0.4) is 0 Å². The Morgan fingerprint density at radius 2 is 2.06 bits per heavy atom. The van der Waals surface area contributed by atoms with E-state index in [1.54, 1.807) is 0 Å². The number of halogens is 1. The van der Waals surface area contributed by atoms with Crippen molar-refractivity contribution in [2.75, 3.05) is 13.2 Å². The first-order valence-corrected chi connectivity index (χ1v) is 6.93. The van der Waals surface area contributed by atoms with E-state index in [0.717, 1.165) is 47.2 Å². The fraction of sp³-hybridized carbons (Fsp3) is 0.538. The highest BCUT2D eigenvalue weighted by molar-refractivity contribution is 9.10. The van der Waals surface area contributed by atoms with Crippen LogP contribution in [0.5, 0.6) is 11.5 Å². The molecule has 1 heterocycles. The minimum absolute atomic E-state index is 0.0756. The summed E-state index contributed by atoms with van der Waals surface area (Å²) in [5.74, 6) is 1.72. The van der Waals surface area contributed by atoms with Gasteiger partial charge in [0.25, 0.3) is 0 Å². The molecule has 4 heteroatoms. The Bertz CT molecular complexity index is 448. The van der Waals surface area contributed by atoms with Crippen LogP contribution in [0, 0.1) is 0 Å². The maximum atomic E-state index is 6.23. The molecular weight excluding hydrogens is 282 g/mol. The molecule has 0 radical (unpaired) electrons. The van der Waals surface area contributed by atoms with Gasteiger partial charge in [-0.1, -0.05) is 15.9 Å². The highest BCUT2D eigenvalue weighted by atomic mass is 79.9. The van der Waals surface area contributed by atoms with Gasteiger partial charge in [-0.3, -0.25) is 0 Å². The molecule has 17 heavy (non-hydrogen) atoms. The molecule has 1 unspecified atom stereocenters. The van der Waals surface area contributed by atoms with Crippen molar-refractivity contribution in [3.8, 4) is 11.5 Å². The quantitative estimate of drug-likeness (QED) is 0.801. The summed E-state index contributed by atoms with van der Waals surface area (Å²) < 4.78 is 12.7. The van der Waals surface area contributed by atoms with E-state index >= 15 is 0 Å². The molecule has 1 aromatic carbocycles. The van der Waals surface area contributed by atoms with E-state index in [-0.39, 0.29) is 6.04 Å².